The molecule has 0 saturated heterocycles. The summed E-state index contributed by atoms with van der Waals surface area (Å²) < 4.78 is 0. The highest BCUT2D eigenvalue weighted by atomic mass is 16.2. The molecule has 10 aromatic carbocycles. The summed E-state index contributed by atoms with van der Waals surface area (Å²) in [5.74, 6) is -0.543. The van der Waals surface area contributed by atoms with Gasteiger partial charge in [-0.05, 0) is 104 Å². The Kier molecular flexibility index (Phi) is 10.9. The molecule has 5 heteroatoms. The number of amides is 2. The van der Waals surface area contributed by atoms with Crippen LogP contribution in [0.1, 0.15) is 116 Å². The predicted octanol–water partition coefficient (Wildman–Crippen LogP) is 17.1. The number of para-hydroxylation sites is 5. The number of fused-ring (bicyclic) bond motifs is 5. The van der Waals surface area contributed by atoms with Crippen LogP contribution in [0, 0.1) is 0 Å². The van der Waals surface area contributed by atoms with Gasteiger partial charge in [-0.1, -0.05) is 240 Å². The van der Waals surface area contributed by atoms with Crippen LogP contribution in [0.3, 0.4) is 0 Å². The van der Waals surface area contributed by atoms with Gasteiger partial charge in [0.05, 0.1) is 61.8 Å². The van der Waals surface area contributed by atoms with Crippen molar-refractivity contribution >= 4 is 51.6 Å². The lowest BCUT2D eigenvalue weighted by Crippen LogP contribution is -2.39. The van der Waals surface area contributed by atoms with Gasteiger partial charge in [0.15, 0.2) is 0 Å². The molecule has 0 saturated carbocycles. The van der Waals surface area contributed by atoms with Crippen molar-refractivity contribution in [3.8, 4) is 0 Å². The first kappa shape index (κ1) is 45.8. The van der Waals surface area contributed by atoms with Gasteiger partial charge in [0.2, 0.25) is 0 Å². The molecule has 0 unspecified atom stereocenters. The smallest absolute Gasteiger partial charge is 0.266 e. The van der Waals surface area contributed by atoms with Crippen LogP contribution in [0.25, 0.3) is 0 Å². The van der Waals surface area contributed by atoms with E-state index in [9.17, 15) is 0 Å². The zero-order chi connectivity index (χ0) is 51.0. The average Bonchev–Trinajstić information content (AvgIpc) is 3.72. The number of anilines is 7. The van der Waals surface area contributed by atoms with Crippen LogP contribution in [0.2, 0.25) is 0 Å². The Bertz CT molecular complexity index is 3420. The first-order valence-corrected chi connectivity index (χ1v) is 26.2. The molecule has 0 bridgehead atoms. The van der Waals surface area contributed by atoms with E-state index in [-0.39, 0.29) is 23.7 Å². The first-order valence-electron chi connectivity index (χ1n) is 26.2. The number of hydrogen-bond acceptors (Lipinski definition) is 4. The molecule has 10 aromatic rings. The summed E-state index contributed by atoms with van der Waals surface area (Å²) in [5.41, 5.74) is 16.2. The molecule has 0 aromatic heterocycles. The Balaban J connectivity index is 1.14. The fraction of sp³-hybridized carbons (Fsp3) is 0.114. The highest BCUT2D eigenvalue weighted by molar-refractivity contribution is 6.35. The molecule has 0 spiro atoms. The van der Waals surface area contributed by atoms with E-state index in [1.165, 1.54) is 4.90 Å². The third-order valence-electron chi connectivity index (χ3n) is 16.1. The van der Waals surface area contributed by atoms with E-state index in [0.717, 1.165) is 89.8 Å². The fourth-order valence-electron chi connectivity index (χ4n) is 12.9. The van der Waals surface area contributed by atoms with E-state index in [1.807, 2.05) is 12.1 Å². The molecule has 13 rings (SSSR count). The summed E-state index contributed by atoms with van der Waals surface area (Å²) in [6, 6.07) is 88.4. The van der Waals surface area contributed by atoms with E-state index in [4.69, 9.17) is 0 Å². The van der Waals surface area contributed by atoms with Crippen molar-refractivity contribution in [1.29, 1.82) is 0 Å². The van der Waals surface area contributed by atoms with Gasteiger partial charge >= 0.3 is 0 Å². The van der Waals surface area contributed by atoms with Gasteiger partial charge in [-0.3, -0.25) is 9.59 Å². The summed E-state index contributed by atoms with van der Waals surface area (Å²) in [4.78, 5) is 37.6. The van der Waals surface area contributed by atoms with Crippen LogP contribution in [-0.4, -0.2) is 11.8 Å². The SMILES string of the molecule is CC(C)c1cccc(C(C)C)c1N1C(=O)c2cc(N3c4ccccc4C(c4ccccc4)(c4ccccc4)c4ccccc43)c(N3c4ccccc4C(c4ccccc4)(c4ccccc4)c4ccccc43)cc2C1=O. The van der Waals surface area contributed by atoms with Gasteiger partial charge in [0.25, 0.3) is 11.8 Å². The molecule has 0 aliphatic carbocycles. The van der Waals surface area contributed by atoms with Crippen LogP contribution in [0.4, 0.5) is 39.8 Å². The number of benzene rings is 10. The molecule has 0 radical (unpaired) electrons. The molecular weight excluding hydrogens is 915 g/mol. The second kappa shape index (κ2) is 17.9. The van der Waals surface area contributed by atoms with Gasteiger partial charge in [-0.2, -0.15) is 0 Å². The van der Waals surface area contributed by atoms with Crippen LogP contribution >= 0.6 is 0 Å². The van der Waals surface area contributed by atoms with Gasteiger partial charge in [-0.25, -0.2) is 4.90 Å². The maximum atomic E-state index is 15.7. The number of carbonyl (C=O) groups is 2. The third-order valence-corrected chi connectivity index (χ3v) is 16.1. The van der Waals surface area contributed by atoms with E-state index >= 15 is 9.59 Å². The zero-order valence-electron chi connectivity index (χ0n) is 42.5. The van der Waals surface area contributed by atoms with Gasteiger partial charge in [-0.15, -0.1) is 0 Å². The molecule has 362 valence electrons. The minimum absolute atomic E-state index is 0.0563. The molecule has 3 heterocycles. The van der Waals surface area contributed by atoms with Crippen LogP contribution < -0.4 is 14.7 Å². The Morgan fingerprint density at radius 3 is 0.840 bits per heavy atom. The summed E-state index contributed by atoms with van der Waals surface area (Å²) >= 11 is 0. The van der Waals surface area contributed by atoms with Gasteiger partial charge < -0.3 is 9.80 Å². The summed E-state index contributed by atoms with van der Waals surface area (Å²) in [5, 5.41) is 0. The first-order chi connectivity index (χ1) is 36.8. The summed E-state index contributed by atoms with van der Waals surface area (Å²) in [6.07, 6.45) is 0. The average molecular weight is 970 g/mol. The standard InChI is InChI=1S/C70H55N3O2/c1-46(2)52-34-25-35-53(47(3)4)66(52)73-67(74)54-44-64(71-60-40-21-17-36-56(60)69(48-26-9-5-10-27-48,49-28-11-6-12-29-49)57-37-18-22-41-61(57)71)65(45-55(54)68(73)75)72-62-42-23-19-38-58(62)70(50-30-13-7-14-31-50,51-32-15-8-16-33-51)59-39-20-24-43-63(59)72/h5-47H,1-4H3. The van der Waals surface area contributed by atoms with Crippen molar-refractivity contribution < 1.29 is 9.59 Å². The Morgan fingerprint density at radius 2 is 0.560 bits per heavy atom. The van der Waals surface area contributed by atoms with Crippen molar-refractivity contribution in [3.63, 3.8) is 0 Å². The number of rotatable bonds is 9. The van der Waals surface area contributed by atoms with Crippen LogP contribution in [0.15, 0.2) is 249 Å². The van der Waals surface area contributed by atoms with Crippen molar-refractivity contribution in [3.05, 3.63) is 315 Å². The quantitative estimate of drug-likeness (QED) is 0.135. The highest BCUT2D eigenvalue weighted by Crippen LogP contribution is 2.63. The largest absolute Gasteiger partial charge is 0.308 e. The van der Waals surface area contributed by atoms with Gasteiger partial charge in [0.1, 0.15) is 0 Å². The monoisotopic (exact) mass is 969 g/mol. The van der Waals surface area contributed by atoms with E-state index < -0.39 is 10.8 Å². The fourth-order valence-corrected chi connectivity index (χ4v) is 12.9. The van der Waals surface area contributed by atoms with Crippen molar-refractivity contribution in [2.75, 3.05) is 14.7 Å². The lowest BCUT2D eigenvalue weighted by molar-refractivity contribution is 0.0925. The topological polar surface area (TPSA) is 43.9 Å². The van der Waals surface area contributed by atoms with Crippen molar-refractivity contribution in [2.45, 2.75) is 50.4 Å². The Labute approximate surface area is 439 Å². The lowest BCUT2D eigenvalue weighted by Gasteiger charge is -2.49. The van der Waals surface area contributed by atoms with Gasteiger partial charge in [0, 0.05) is 0 Å². The normalized spacial score (nSPS) is 14.8. The summed E-state index contributed by atoms with van der Waals surface area (Å²) in [6.45, 7) is 8.51. The zero-order valence-corrected chi connectivity index (χ0v) is 42.5. The number of imide groups is 1. The molecule has 2 amide bonds. The second-order valence-electron chi connectivity index (χ2n) is 20.6. The minimum atomic E-state index is -0.727. The van der Waals surface area contributed by atoms with Crippen LogP contribution in [-0.2, 0) is 10.8 Å². The second-order valence-corrected chi connectivity index (χ2v) is 20.6. The molecular formula is C70H55N3O2. The predicted molar refractivity (Wildman–Crippen MR) is 305 cm³/mol. The number of carbonyl (C=O) groups excluding carboxylic acids is 2. The van der Waals surface area contributed by atoms with Crippen LogP contribution in [0.5, 0.6) is 0 Å². The lowest BCUT2D eigenvalue weighted by atomic mass is 9.62. The Hall–Kier alpha value is -9.06. The minimum Gasteiger partial charge on any atom is -0.308 e. The maximum Gasteiger partial charge on any atom is 0.266 e. The molecule has 0 N–H and O–H groups in total. The van der Waals surface area contributed by atoms with Crippen molar-refractivity contribution in [1.82, 2.24) is 0 Å². The van der Waals surface area contributed by atoms with E-state index in [1.54, 1.807) is 0 Å². The number of hydrogen-bond donors (Lipinski definition) is 0. The molecule has 3 aliphatic heterocycles. The van der Waals surface area contributed by atoms with Crippen molar-refractivity contribution in [2.24, 2.45) is 0 Å². The van der Waals surface area contributed by atoms with E-state index in [0.29, 0.717) is 16.8 Å². The molecule has 5 nitrogen and oxygen atoms in total. The molecule has 0 atom stereocenters. The summed E-state index contributed by atoms with van der Waals surface area (Å²) in [7, 11) is 0. The molecule has 75 heavy (non-hydrogen) atoms. The Morgan fingerprint density at radius 1 is 0.293 bits per heavy atom. The molecule has 0 fully saturated rings. The highest BCUT2D eigenvalue weighted by Gasteiger charge is 2.50. The van der Waals surface area contributed by atoms with E-state index in [2.05, 4.69) is 274 Å². The molecule has 3 aliphatic rings. The number of nitrogens with zero attached hydrogens (tertiary/aromatic N) is 3. The third kappa shape index (κ3) is 6.63. The maximum absolute atomic E-state index is 15.7.